The van der Waals surface area contributed by atoms with Crippen LogP contribution in [-0.4, -0.2) is 19.8 Å². The van der Waals surface area contributed by atoms with Crippen LogP contribution in [-0.2, 0) is 4.74 Å². The SMILES string of the molecule is CCOCCCOc1cc(C)c(N)cc1F. The third kappa shape index (κ3) is 3.70. The molecule has 0 amide bonds. The Morgan fingerprint density at radius 2 is 2.06 bits per heavy atom. The molecule has 4 heteroatoms. The molecule has 0 fully saturated rings. The summed E-state index contributed by atoms with van der Waals surface area (Å²) in [7, 11) is 0. The normalized spacial score (nSPS) is 10.4. The molecule has 0 bridgehead atoms. The lowest BCUT2D eigenvalue weighted by Crippen LogP contribution is -2.04. The van der Waals surface area contributed by atoms with Gasteiger partial charge in [-0.25, -0.2) is 4.39 Å². The molecule has 0 aliphatic rings. The number of benzene rings is 1. The monoisotopic (exact) mass is 227 g/mol. The van der Waals surface area contributed by atoms with Crippen LogP contribution in [0.15, 0.2) is 12.1 Å². The van der Waals surface area contributed by atoms with Crippen LogP contribution < -0.4 is 10.5 Å². The summed E-state index contributed by atoms with van der Waals surface area (Å²) in [6.07, 6.45) is 0.747. The zero-order valence-electron chi connectivity index (χ0n) is 9.75. The summed E-state index contributed by atoms with van der Waals surface area (Å²) in [4.78, 5) is 0. The summed E-state index contributed by atoms with van der Waals surface area (Å²) in [6.45, 7) is 5.52. The minimum atomic E-state index is -0.417. The standard InChI is InChI=1S/C12H18FNO2/c1-3-15-5-4-6-16-12-7-9(2)11(14)8-10(12)13/h7-8H,3-6,14H2,1-2H3. The van der Waals surface area contributed by atoms with Crippen LogP contribution in [0.3, 0.4) is 0 Å². The molecule has 2 N–H and O–H groups in total. The van der Waals surface area contributed by atoms with Crippen LogP contribution in [0.5, 0.6) is 5.75 Å². The summed E-state index contributed by atoms with van der Waals surface area (Å²) in [5.74, 6) is -0.164. The highest BCUT2D eigenvalue weighted by molar-refractivity contribution is 5.50. The number of anilines is 1. The van der Waals surface area contributed by atoms with Gasteiger partial charge >= 0.3 is 0 Å². The Morgan fingerprint density at radius 3 is 2.75 bits per heavy atom. The van der Waals surface area contributed by atoms with E-state index in [1.807, 2.05) is 13.8 Å². The summed E-state index contributed by atoms with van der Waals surface area (Å²) in [5.41, 5.74) is 6.83. The second-order valence-electron chi connectivity index (χ2n) is 3.54. The summed E-state index contributed by atoms with van der Waals surface area (Å²) < 4.78 is 23.8. The number of halogens is 1. The summed E-state index contributed by atoms with van der Waals surface area (Å²) in [6, 6.07) is 2.90. The van der Waals surface area contributed by atoms with Crippen LogP contribution in [0.2, 0.25) is 0 Å². The maximum Gasteiger partial charge on any atom is 0.167 e. The molecule has 0 radical (unpaired) electrons. The minimum Gasteiger partial charge on any atom is -0.490 e. The molecule has 0 saturated heterocycles. The van der Waals surface area contributed by atoms with Crippen LogP contribution in [0.25, 0.3) is 0 Å². The highest BCUT2D eigenvalue weighted by atomic mass is 19.1. The van der Waals surface area contributed by atoms with Gasteiger partial charge in [0, 0.05) is 31.4 Å². The van der Waals surface area contributed by atoms with Crippen molar-refractivity contribution in [1.29, 1.82) is 0 Å². The van der Waals surface area contributed by atoms with Crippen LogP contribution >= 0.6 is 0 Å². The van der Waals surface area contributed by atoms with E-state index in [0.717, 1.165) is 12.0 Å². The average molecular weight is 227 g/mol. The van der Waals surface area contributed by atoms with Gasteiger partial charge in [-0.3, -0.25) is 0 Å². The van der Waals surface area contributed by atoms with Gasteiger partial charge in [-0.15, -0.1) is 0 Å². The van der Waals surface area contributed by atoms with Crippen LogP contribution in [0.1, 0.15) is 18.9 Å². The first-order valence-electron chi connectivity index (χ1n) is 5.41. The van der Waals surface area contributed by atoms with E-state index in [1.54, 1.807) is 6.07 Å². The lowest BCUT2D eigenvalue weighted by molar-refractivity contribution is 0.130. The Morgan fingerprint density at radius 1 is 1.31 bits per heavy atom. The van der Waals surface area contributed by atoms with Gasteiger partial charge in [0.1, 0.15) is 0 Å². The molecule has 0 spiro atoms. The van der Waals surface area contributed by atoms with Crippen molar-refractivity contribution in [2.24, 2.45) is 0 Å². The summed E-state index contributed by atoms with van der Waals surface area (Å²) >= 11 is 0. The third-order valence-electron chi connectivity index (χ3n) is 2.22. The second-order valence-corrected chi connectivity index (χ2v) is 3.54. The van der Waals surface area contributed by atoms with Crippen molar-refractivity contribution < 1.29 is 13.9 Å². The number of hydrogen-bond donors (Lipinski definition) is 1. The molecular weight excluding hydrogens is 209 g/mol. The van der Waals surface area contributed by atoms with Gasteiger partial charge in [-0.05, 0) is 25.5 Å². The Labute approximate surface area is 95.4 Å². The molecule has 1 aromatic carbocycles. The largest absolute Gasteiger partial charge is 0.490 e. The lowest BCUT2D eigenvalue weighted by Gasteiger charge is -2.09. The number of nitrogen functional groups attached to an aromatic ring is 1. The topological polar surface area (TPSA) is 44.5 Å². The Hall–Kier alpha value is -1.29. The molecule has 0 aromatic heterocycles. The van der Waals surface area contributed by atoms with Crippen molar-refractivity contribution in [2.45, 2.75) is 20.3 Å². The van der Waals surface area contributed by atoms with Crippen molar-refractivity contribution in [2.75, 3.05) is 25.6 Å². The van der Waals surface area contributed by atoms with Crippen molar-refractivity contribution in [1.82, 2.24) is 0 Å². The number of aryl methyl sites for hydroxylation is 1. The zero-order chi connectivity index (χ0) is 12.0. The van der Waals surface area contributed by atoms with Crippen molar-refractivity contribution in [3.8, 4) is 5.75 Å². The third-order valence-corrected chi connectivity index (χ3v) is 2.22. The Bertz CT molecular complexity index is 342. The molecule has 1 aromatic rings. The molecule has 90 valence electrons. The molecule has 0 atom stereocenters. The minimum absolute atomic E-state index is 0.253. The van der Waals surface area contributed by atoms with Gasteiger partial charge < -0.3 is 15.2 Å². The predicted octanol–water partition coefficient (Wildman–Crippen LogP) is 2.52. The Kier molecular flexibility index (Phi) is 5.05. The van der Waals surface area contributed by atoms with E-state index in [2.05, 4.69) is 0 Å². The maximum absolute atomic E-state index is 13.4. The van der Waals surface area contributed by atoms with E-state index in [-0.39, 0.29) is 5.75 Å². The maximum atomic E-state index is 13.4. The van der Waals surface area contributed by atoms with Gasteiger partial charge in [0.05, 0.1) is 6.61 Å². The molecule has 1 rings (SSSR count). The fourth-order valence-corrected chi connectivity index (χ4v) is 1.27. The van der Waals surface area contributed by atoms with Crippen molar-refractivity contribution in [3.05, 3.63) is 23.5 Å². The number of ether oxygens (including phenoxy) is 2. The predicted molar refractivity (Wildman–Crippen MR) is 62.2 cm³/mol. The quantitative estimate of drug-likeness (QED) is 0.600. The number of rotatable bonds is 6. The second kappa shape index (κ2) is 6.33. The first-order valence-corrected chi connectivity index (χ1v) is 5.41. The van der Waals surface area contributed by atoms with Gasteiger partial charge in [0.15, 0.2) is 11.6 Å². The van der Waals surface area contributed by atoms with E-state index in [0.29, 0.717) is 25.5 Å². The van der Waals surface area contributed by atoms with E-state index in [1.165, 1.54) is 6.07 Å². The van der Waals surface area contributed by atoms with Gasteiger partial charge in [-0.2, -0.15) is 0 Å². The van der Waals surface area contributed by atoms with Crippen molar-refractivity contribution >= 4 is 5.69 Å². The van der Waals surface area contributed by atoms with E-state index in [4.69, 9.17) is 15.2 Å². The van der Waals surface area contributed by atoms with E-state index < -0.39 is 5.82 Å². The highest BCUT2D eigenvalue weighted by Gasteiger charge is 2.06. The van der Waals surface area contributed by atoms with Crippen LogP contribution in [0, 0.1) is 12.7 Å². The van der Waals surface area contributed by atoms with Crippen molar-refractivity contribution in [3.63, 3.8) is 0 Å². The molecule has 16 heavy (non-hydrogen) atoms. The smallest absolute Gasteiger partial charge is 0.167 e. The molecule has 0 aliphatic heterocycles. The first kappa shape index (κ1) is 12.8. The number of hydrogen-bond acceptors (Lipinski definition) is 3. The molecule has 0 saturated carbocycles. The van der Waals surface area contributed by atoms with Crippen LogP contribution in [0.4, 0.5) is 10.1 Å². The fraction of sp³-hybridized carbons (Fsp3) is 0.500. The summed E-state index contributed by atoms with van der Waals surface area (Å²) in [5, 5.41) is 0. The average Bonchev–Trinajstić information content (AvgIpc) is 2.25. The fourth-order valence-electron chi connectivity index (χ4n) is 1.27. The zero-order valence-corrected chi connectivity index (χ0v) is 9.75. The molecule has 0 heterocycles. The number of nitrogens with two attached hydrogens (primary N) is 1. The molecular formula is C12H18FNO2. The van der Waals surface area contributed by atoms with E-state index in [9.17, 15) is 4.39 Å². The molecule has 0 unspecified atom stereocenters. The first-order chi connectivity index (χ1) is 7.65. The molecule has 0 aliphatic carbocycles. The van der Waals surface area contributed by atoms with E-state index >= 15 is 0 Å². The van der Waals surface area contributed by atoms with Gasteiger partial charge in [0.25, 0.3) is 0 Å². The van der Waals surface area contributed by atoms with Gasteiger partial charge in [-0.1, -0.05) is 0 Å². The molecule has 3 nitrogen and oxygen atoms in total. The lowest BCUT2D eigenvalue weighted by atomic mass is 10.2. The Balaban J connectivity index is 2.45. The highest BCUT2D eigenvalue weighted by Crippen LogP contribution is 2.23. The van der Waals surface area contributed by atoms with Gasteiger partial charge in [0.2, 0.25) is 0 Å².